The van der Waals surface area contributed by atoms with Gasteiger partial charge in [-0.25, -0.2) is 0 Å². The fourth-order valence-electron chi connectivity index (χ4n) is 3.79. The highest BCUT2D eigenvalue weighted by molar-refractivity contribution is 14.0. The Labute approximate surface area is 192 Å². The zero-order valence-corrected chi connectivity index (χ0v) is 20.4. The number of benzene rings is 1. The van der Waals surface area contributed by atoms with Crippen molar-refractivity contribution in [1.29, 1.82) is 0 Å². The van der Waals surface area contributed by atoms with E-state index in [9.17, 15) is 0 Å². The van der Waals surface area contributed by atoms with Gasteiger partial charge in [0.25, 0.3) is 0 Å². The number of aliphatic imine (C=N–C) groups is 1. The third kappa shape index (κ3) is 7.04. The molecular weight excluding hydrogens is 485 g/mol. The van der Waals surface area contributed by atoms with E-state index in [1.807, 2.05) is 12.1 Å². The number of rotatable bonds is 7. The molecule has 0 bridgehead atoms. The second kappa shape index (κ2) is 11.6. The van der Waals surface area contributed by atoms with Crippen LogP contribution in [-0.2, 0) is 0 Å². The number of guanidine groups is 1. The Bertz CT molecular complexity index is 610. The van der Waals surface area contributed by atoms with Gasteiger partial charge in [-0.1, -0.05) is 23.7 Å². The molecule has 1 aliphatic carbocycles. The largest absolute Gasteiger partial charge is 0.357 e. The lowest BCUT2D eigenvalue weighted by Gasteiger charge is -2.33. The molecule has 158 valence electrons. The van der Waals surface area contributed by atoms with E-state index in [1.54, 1.807) is 0 Å². The second-order valence-electron chi connectivity index (χ2n) is 7.94. The molecule has 2 aliphatic rings. The van der Waals surface area contributed by atoms with E-state index in [1.165, 1.54) is 44.3 Å². The first kappa shape index (κ1) is 23.7. The molecule has 1 saturated carbocycles. The van der Waals surface area contributed by atoms with Crippen molar-refractivity contribution in [3.8, 4) is 0 Å². The molecule has 1 heterocycles. The molecule has 2 fully saturated rings. The van der Waals surface area contributed by atoms with Gasteiger partial charge in [-0.2, -0.15) is 0 Å². The van der Waals surface area contributed by atoms with Crippen LogP contribution in [0, 0.1) is 0 Å². The summed E-state index contributed by atoms with van der Waals surface area (Å²) in [6.07, 6.45) is 5.21. The fourth-order valence-corrected chi connectivity index (χ4v) is 3.92. The molecule has 3 rings (SSSR count). The van der Waals surface area contributed by atoms with Gasteiger partial charge < -0.3 is 20.4 Å². The van der Waals surface area contributed by atoms with E-state index >= 15 is 0 Å². The van der Waals surface area contributed by atoms with E-state index in [-0.39, 0.29) is 30.0 Å². The van der Waals surface area contributed by atoms with Crippen molar-refractivity contribution in [3.05, 3.63) is 34.9 Å². The number of likely N-dealkylation sites (N-methyl/N-ethyl adjacent to an activating group) is 1. The highest BCUT2D eigenvalue weighted by atomic mass is 127. The minimum Gasteiger partial charge on any atom is -0.357 e. The van der Waals surface area contributed by atoms with Crippen LogP contribution in [0.15, 0.2) is 29.3 Å². The van der Waals surface area contributed by atoms with Gasteiger partial charge in [0.2, 0.25) is 0 Å². The summed E-state index contributed by atoms with van der Waals surface area (Å²) in [7, 11) is 4.20. The second-order valence-corrected chi connectivity index (χ2v) is 8.37. The molecule has 1 atom stereocenters. The van der Waals surface area contributed by atoms with Gasteiger partial charge in [-0.05, 0) is 64.4 Å². The van der Waals surface area contributed by atoms with Crippen LogP contribution in [0.4, 0.5) is 0 Å². The normalized spacial score (nSPS) is 20.0. The number of nitrogens with one attached hydrogen (secondary N) is 2. The minimum absolute atomic E-state index is 0. The molecule has 28 heavy (non-hydrogen) atoms. The molecule has 5 nitrogen and oxygen atoms in total. The SMILES string of the molecule is CCNC(=NCC(c1ccc(Cl)cc1)N(C)C)NC1CCN(C2CC2)CC1.I. The van der Waals surface area contributed by atoms with E-state index in [2.05, 4.69) is 53.6 Å². The Morgan fingerprint density at radius 1 is 1.18 bits per heavy atom. The molecule has 1 unspecified atom stereocenters. The van der Waals surface area contributed by atoms with E-state index in [4.69, 9.17) is 16.6 Å². The Morgan fingerprint density at radius 2 is 1.82 bits per heavy atom. The van der Waals surface area contributed by atoms with Crippen molar-refractivity contribution in [1.82, 2.24) is 20.4 Å². The number of halogens is 2. The van der Waals surface area contributed by atoms with Gasteiger partial charge >= 0.3 is 0 Å². The average Bonchev–Trinajstić information content (AvgIpc) is 3.49. The fraction of sp³-hybridized carbons (Fsp3) is 0.667. The lowest BCUT2D eigenvalue weighted by atomic mass is 10.1. The van der Waals surface area contributed by atoms with E-state index < -0.39 is 0 Å². The Kier molecular flexibility index (Phi) is 9.80. The van der Waals surface area contributed by atoms with Crippen molar-refractivity contribution in [3.63, 3.8) is 0 Å². The van der Waals surface area contributed by atoms with Crippen LogP contribution in [-0.4, -0.2) is 68.1 Å². The number of hydrogen-bond donors (Lipinski definition) is 2. The first-order valence-electron chi connectivity index (χ1n) is 10.3. The third-order valence-electron chi connectivity index (χ3n) is 5.58. The summed E-state index contributed by atoms with van der Waals surface area (Å²) in [6.45, 7) is 6.14. The summed E-state index contributed by atoms with van der Waals surface area (Å²) < 4.78 is 0. The molecule has 0 amide bonds. The monoisotopic (exact) mass is 519 g/mol. The van der Waals surface area contributed by atoms with Crippen LogP contribution >= 0.6 is 35.6 Å². The van der Waals surface area contributed by atoms with Gasteiger partial charge in [0.05, 0.1) is 12.6 Å². The Morgan fingerprint density at radius 3 is 2.36 bits per heavy atom. The maximum absolute atomic E-state index is 6.04. The molecule has 1 aromatic carbocycles. The number of hydrogen-bond acceptors (Lipinski definition) is 3. The van der Waals surface area contributed by atoms with Crippen LogP contribution in [0.3, 0.4) is 0 Å². The molecule has 1 aromatic rings. The first-order valence-corrected chi connectivity index (χ1v) is 10.7. The summed E-state index contributed by atoms with van der Waals surface area (Å²) in [5.41, 5.74) is 1.24. The van der Waals surface area contributed by atoms with E-state index in [0.29, 0.717) is 12.6 Å². The van der Waals surface area contributed by atoms with Crippen LogP contribution in [0.25, 0.3) is 0 Å². The van der Waals surface area contributed by atoms with Crippen LogP contribution in [0.2, 0.25) is 5.02 Å². The third-order valence-corrected chi connectivity index (χ3v) is 5.83. The van der Waals surface area contributed by atoms with Gasteiger partial charge in [-0.3, -0.25) is 4.99 Å². The average molecular weight is 520 g/mol. The van der Waals surface area contributed by atoms with Crippen molar-refractivity contribution >= 4 is 41.5 Å². The minimum atomic E-state index is 0. The summed E-state index contributed by atoms with van der Waals surface area (Å²) in [5.74, 6) is 0.934. The smallest absolute Gasteiger partial charge is 0.191 e. The zero-order chi connectivity index (χ0) is 19.2. The molecule has 2 N–H and O–H groups in total. The highest BCUT2D eigenvalue weighted by Gasteiger charge is 2.31. The predicted molar refractivity (Wildman–Crippen MR) is 130 cm³/mol. The van der Waals surface area contributed by atoms with Gasteiger partial charge in [0, 0.05) is 36.7 Å². The number of piperidine rings is 1. The summed E-state index contributed by atoms with van der Waals surface area (Å²) >= 11 is 6.04. The van der Waals surface area contributed by atoms with Crippen LogP contribution in [0.1, 0.15) is 44.2 Å². The van der Waals surface area contributed by atoms with Crippen molar-refractivity contribution < 1.29 is 0 Å². The van der Waals surface area contributed by atoms with Crippen molar-refractivity contribution in [2.75, 3.05) is 40.3 Å². The van der Waals surface area contributed by atoms with Crippen LogP contribution < -0.4 is 10.6 Å². The summed E-state index contributed by atoms with van der Waals surface area (Å²) in [5, 5.41) is 7.85. The number of likely N-dealkylation sites (tertiary alicyclic amines) is 1. The predicted octanol–water partition coefficient (Wildman–Crippen LogP) is 3.74. The lowest BCUT2D eigenvalue weighted by molar-refractivity contribution is 0.197. The van der Waals surface area contributed by atoms with Gasteiger partial charge in [0.15, 0.2) is 5.96 Å². The van der Waals surface area contributed by atoms with E-state index in [0.717, 1.165) is 23.6 Å². The molecule has 7 heteroatoms. The highest BCUT2D eigenvalue weighted by Crippen LogP contribution is 2.29. The van der Waals surface area contributed by atoms with Gasteiger partial charge in [0.1, 0.15) is 0 Å². The topological polar surface area (TPSA) is 42.9 Å². The maximum atomic E-state index is 6.04. The Hall–Kier alpha value is -0.570. The molecule has 0 spiro atoms. The van der Waals surface area contributed by atoms with Crippen molar-refractivity contribution in [2.24, 2.45) is 4.99 Å². The lowest BCUT2D eigenvalue weighted by Crippen LogP contribution is -2.49. The molecule has 1 aliphatic heterocycles. The summed E-state index contributed by atoms with van der Waals surface area (Å²) in [6, 6.07) is 9.73. The van der Waals surface area contributed by atoms with Crippen molar-refractivity contribution in [2.45, 2.75) is 50.7 Å². The first-order chi connectivity index (χ1) is 13.1. The maximum Gasteiger partial charge on any atom is 0.191 e. The molecule has 0 radical (unpaired) electrons. The quantitative estimate of drug-likeness (QED) is 0.327. The zero-order valence-electron chi connectivity index (χ0n) is 17.3. The van der Waals surface area contributed by atoms with Crippen LogP contribution in [0.5, 0.6) is 0 Å². The molecule has 0 aromatic heterocycles. The standard InChI is InChI=1S/C21H34ClN5.HI/c1-4-23-21(25-18-11-13-27(14-12-18)19-9-10-19)24-15-20(26(2)3)16-5-7-17(22)8-6-16;/h5-8,18-20H,4,9-15H2,1-3H3,(H2,23,24,25);1H. The Balaban J connectivity index is 0.00000280. The summed E-state index contributed by atoms with van der Waals surface area (Å²) in [4.78, 5) is 9.77. The molecule has 1 saturated heterocycles. The number of nitrogens with zero attached hydrogens (tertiary/aromatic N) is 3. The van der Waals surface area contributed by atoms with Gasteiger partial charge in [-0.15, -0.1) is 24.0 Å². The molecular formula is C21H35ClIN5.